The Kier molecular flexibility index (Phi) is 4.51. The molecule has 1 aromatic carbocycles. The predicted octanol–water partition coefficient (Wildman–Crippen LogP) is 4.48. The van der Waals surface area contributed by atoms with Crippen molar-refractivity contribution in [3.63, 3.8) is 0 Å². The Morgan fingerprint density at radius 3 is 2.44 bits per heavy atom. The molecule has 0 saturated carbocycles. The Morgan fingerprint density at radius 2 is 1.80 bits per heavy atom. The molecule has 1 N–H and O–H groups in total. The number of benzene rings is 1. The lowest BCUT2D eigenvalue weighted by molar-refractivity contribution is -0.137. The Bertz CT molecular complexity index is 865. The SMILES string of the molecule is Fc1ccc(-n2cccc2/C=N\Nc2ccc(C(F)(F)F)cn2)cc1. The molecule has 0 spiro atoms. The van der Waals surface area contributed by atoms with Gasteiger partial charge in [-0.2, -0.15) is 18.3 Å². The van der Waals surface area contributed by atoms with E-state index in [0.717, 1.165) is 18.0 Å². The van der Waals surface area contributed by atoms with E-state index in [0.29, 0.717) is 5.69 Å². The Morgan fingerprint density at radius 1 is 1.04 bits per heavy atom. The smallest absolute Gasteiger partial charge is 0.316 e. The highest BCUT2D eigenvalue weighted by Crippen LogP contribution is 2.28. The van der Waals surface area contributed by atoms with E-state index in [-0.39, 0.29) is 11.6 Å². The molecule has 0 radical (unpaired) electrons. The molecule has 0 aliphatic heterocycles. The monoisotopic (exact) mass is 348 g/mol. The van der Waals surface area contributed by atoms with Gasteiger partial charge >= 0.3 is 6.18 Å². The van der Waals surface area contributed by atoms with Gasteiger partial charge in [0.15, 0.2) is 0 Å². The molecule has 0 aliphatic carbocycles. The number of pyridine rings is 1. The lowest BCUT2D eigenvalue weighted by atomic mass is 10.3. The molecule has 3 rings (SSSR count). The minimum Gasteiger partial charge on any atom is -0.316 e. The first-order valence-corrected chi connectivity index (χ1v) is 7.19. The van der Waals surface area contributed by atoms with Crippen molar-refractivity contribution < 1.29 is 17.6 Å². The van der Waals surface area contributed by atoms with Crippen LogP contribution in [0.2, 0.25) is 0 Å². The normalized spacial score (nSPS) is 11.8. The van der Waals surface area contributed by atoms with Crippen molar-refractivity contribution in [3.05, 3.63) is 78.0 Å². The van der Waals surface area contributed by atoms with E-state index < -0.39 is 11.7 Å². The van der Waals surface area contributed by atoms with E-state index in [1.807, 2.05) is 0 Å². The molecule has 128 valence electrons. The number of rotatable bonds is 4. The van der Waals surface area contributed by atoms with E-state index in [4.69, 9.17) is 0 Å². The summed E-state index contributed by atoms with van der Waals surface area (Å²) in [6.45, 7) is 0. The van der Waals surface area contributed by atoms with E-state index in [9.17, 15) is 17.6 Å². The molecule has 25 heavy (non-hydrogen) atoms. The summed E-state index contributed by atoms with van der Waals surface area (Å²) in [4.78, 5) is 3.66. The molecule has 0 saturated heterocycles. The first kappa shape index (κ1) is 16.7. The molecule has 0 atom stereocenters. The largest absolute Gasteiger partial charge is 0.417 e. The molecule has 0 bridgehead atoms. The second-order valence-corrected chi connectivity index (χ2v) is 5.08. The second kappa shape index (κ2) is 6.76. The standard InChI is InChI=1S/C17H12F4N4/c18-13-4-6-14(7-5-13)25-9-1-2-15(25)11-23-24-16-8-3-12(10-22-16)17(19,20)21/h1-11H,(H,22,24)/b23-11-. The molecular formula is C17H12F4N4. The summed E-state index contributed by atoms with van der Waals surface area (Å²) in [6.07, 6.45) is -0.419. The average molecular weight is 348 g/mol. The fourth-order valence-electron chi connectivity index (χ4n) is 2.13. The summed E-state index contributed by atoms with van der Waals surface area (Å²) in [5.41, 5.74) is 3.19. The van der Waals surface area contributed by atoms with Crippen LogP contribution in [0.4, 0.5) is 23.4 Å². The molecule has 2 heterocycles. The van der Waals surface area contributed by atoms with Crippen molar-refractivity contribution >= 4 is 12.0 Å². The lowest BCUT2D eigenvalue weighted by Crippen LogP contribution is -2.06. The summed E-state index contributed by atoms with van der Waals surface area (Å²) >= 11 is 0. The van der Waals surface area contributed by atoms with Crippen LogP contribution in [-0.4, -0.2) is 15.8 Å². The third-order valence-electron chi connectivity index (χ3n) is 3.35. The van der Waals surface area contributed by atoms with Crippen LogP contribution in [0.25, 0.3) is 5.69 Å². The summed E-state index contributed by atoms with van der Waals surface area (Å²) in [5.74, 6) is -0.148. The molecule has 0 fully saturated rings. The van der Waals surface area contributed by atoms with E-state index in [1.54, 1.807) is 35.0 Å². The summed E-state index contributed by atoms with van der Waals surface area (Å²) in [7, 11) is 0. The summed E-state index contributed by atoms with van der Waals surface area (Å²) in [6, 6.07) is 11.6. The Hall–Kier alpha value is -3.16. The van der Waals surface area contributed by atoms with Crippen molar-refractivity contribution in [2.75, 3.05) is 5.43 Å². The topological polar surface area (TPSA) is 42.2 Å². The average Bonchev–Trinajstić information content (AvgIpc) is 3.04. The third-order valence-corrected chi connectivity index (χ3v) is 3.35. The van der Waals surface area contributed by atoms with Crippen molar-refractivity contribution in [1.82, 2.24) is 9.55 Å². The van der Waals surface area contributed by atoms with Gasteiger partial charge in [0.1, 0.15) is 11.6 Å². The maximum absolute atomic E-state index is 13.0. The molecule has 2 aromatic heterocycles. The lowest BCUT2D eigenvalue weighted by Gasteiger charge is -2.07. The van der Waals surface area contributed by atoms with Gasteiger partial charge in [0.2, 0.25) is 0 Å². The van der Waals surface area contributed by atoms with Crippen LogP contribution in [0.15, 0.2) is 66.0 Å². The maximum Gasteiger partial charge on any atom is 0.417 e. The number of hydrazone groups is 1. The fourth-order valence-corrected chi connectivity index (χ4v) is 2.13. The van der Waals surface area contributed by atoms with Crippen LogP contribution >= 0.6 is 0 Å². The summed E-state index contributed by atoms with van der Waals surface area (Å²) < 4.78 is 52.2. The van der Waals surface area contributed by atoms with Crippen molar-refractivity contribution in [2.45, 2.75) is 6.18 Å². The van der Waals surface area contributed by atoms with Gasteiger partial charge in [-0.15, -0.1) is 0 Å². The number of halogens is 4. The van der Waals surface area contributed by atoms with Crippen LogP contribution in [0.5, 0.6) is 0 Å². The van der Waals surface area contributed by atoms with Crippen molar-refractivity contribution in [2.24, 2.45) is 5.10 Å². The van der Waals surface area contributed by atoms with Crippen LogP contribution in [-0.2, 0) is 6.18 Å². The van der Waals surface area contributed by atoms with Crippen molar-refractivity contribution in [3.8, 4) is 5.69 Å². The van der Waals surface area contributed by atoms with Crippen LogP contribution in [0.1, 0.15) is 11.3 Å². The predicted molar refractivity (Wildman–Crippen MR) is 86.2 cm³/mol. The van der Waals surface area contributed by atoms with Gasteiger partial charge in [0.05, 0.1) is 17.5 Å². The second-order valence-electron chi connectivity index (χ2n) is 5.08. The number of nitrogens with one attached hydrogen (secondary N) is 1. The highest BCUT2D eigenvalue weighted by Gasteiger charge is 2.30. The molecule has 0 unspecified atom stereocenters. The van der Waals surface area contributed by atoms with Gasteiger partial charge in [-0.3, -0.25) is 5.43 Å². The quantitative estimate of drug-likeness (QED) is 0.429. The van der Waals surface area contributed by atoms with E-state index >= 15 is 0 Å². The first-order valence-electron chi connectivity index (χ1n) is 7.19. The zero-order chi connectivity index (χ0) is 17.9. The minimum absolute atomic E-state index is 0.184. The molecule has 3 aromatic rings. The number of alkyl halides is 3. The molecule has 8 heteroatoms. The highest BCUT2D eigenvalue weighted by molar-refractivity contribution is 5.79. The van der Waals surface area contributed by atoms with Gasteiger partial charge in [0.25, 0.3) is 0 Å². The van der Waals surface area contributed by atoms with Gasteiger partial charge in [0, 0.05) is 18.1 Å². The number of hydrogen-bond donors (Lipinski definition) is 1. The number of hydrogen-bond acceptors (Lipinski definition) is 3. The van der Waals surface area contributed by atoms with Crippen LogP contribution in [0, 0.1) is 5.82 Å². The van der Waals surface area contributed by atoms with Gasteiger partial charge < -0.3 is 4.57 Å². The van der Waals surface area contributed by atoms with E-state index in [1.165, 1.54) is 24.4 Å². The van der Waals surface area contributed by atoms with Crippen LogP contribution in [0.3, 0.4) is 0 Å². The highest BCUT2D eigenvalue weighted by atomic mass is 19.4. The third kappa shape index (κ3) is 4.03. The Balaban J connectivity index is 1.71. The van der Waals surface area contributed by atoms with Gasteiger partial charge in [-0.05, 0) is 48.5 Å². The minimum atomic E-state index is -4.43. The molecule has 4 nitrogen and oxygen atoms in total. The number of aromatic nitrogens is 2. The zero-order valence-electron chi connectivity index (χ0n) is 12.7. The molecule has 0 amide bonds. The fraction of sp³-hybridized carbons (Fsp3) is 0.0588. The van der Waals surface area contributed by atoms with Gasteiger partial charge in [-0.1, -0.05) is 0 Å². The van der Waals surface area contributed by atoms with Gasteiger partial charge in [-0.25, -0.2) is 9.37 Å². The molecule has 0 aliphatic rings. The van der Waals surface area contributed by atoms with Crippen molar-refractivity contribution in [1.29, 1.82) is 0 Å². The number of nitrogens with zero attached hydrogens (tertiary/aromatic N) is 3. The first-order chi connectivity index (χ1) is 11.9. The molecular weight excluding hydrogens is 336 g/mol. The zero-order valence-corrected chi connectivity index (χ0v) is 12.7. The number of anilines is 1. The maximum atomic E-state index is 13.0. The van der Waals surface area contributed by atoms with E-state index in [2.05, 4.69) is 15.5 Å². The van der Waals surface area contributed by atoms with Crippen LogP contribution < -0.4 is 5.43 Å². The summed E-state index contributed by atoms with van der Waals surface area (Å²) in [5, 5.41) is 3.97. The Labute approximate surface area is 140 Å².